The maximum atomic E-state index is 12.4. The van der Waals surface area contributed by atoms with Gasteiger partial charge in [-0.05, 0) is 53.6 Å². The molecule has 0 unspecified atom stereocenters. The molecule has 1 amide bonds. The van der Waals surface area contributed by atoms with Gasteiger partial charge in [-0.25, -0.2) is 0 Å². The quantitative estimate of drug-likeness (QED) is 0.537. The molecule has 0 spiro atoms. The van der Waals surface area contributed by atoms with Crippen molar-refractivity contribution in [2.75, 3.05) is 7.11 Å². The molecule has 0 radical (unpaired) electrons. The van der Waals surface area contributed by atoms with Gasteiger partial charge in [0.25, 0.3) is 5.91 Å². The van der Waals surface area contributed by atoms with Crippen molar-refractivity contribution in [3.63, 3.8) is 0 Å². The lowest BCUT2D eigenvalue weighted by Crippen LogP contribution is -2.23. The molecule has 1 aromatic heterocycles. The van der Waals surface area contributed by atoms with E-state index >= 15 is 0 Å². The fourth-order valence-electron chi connectivity index (χ4n) is 2.53. The van der Waals surface area contributed by atoms with Crippen molar-refractivity contribution in [2.24, 2.45) is 0 Å². The lowest BCUT2D eigenvalue weighted by atomic mass is 10.1. The molecule has 144 valence electrons. The monoisotopic (exact) mass is 460 g/mol. The SMILES string of the molecule is COc1cc(CNC(=O)c2cc(Br)ccc2Cl)ccc1OCc1ccncc1. The summed E-state index contributed by atoms with van der Waals surface area (Å²) >= 11 is 9.45. The molecular formula is C21H18BrClN2O3. The van der Waals surface area contributed by atoms with Crippen LogP contribution < -0.4 is 14.8 Å². The van der Waals surface area contributed by atoms with E-state index in [9.17, 15) is 4.79 Å². The van der Waals surface area contributed by atoms with Crippen molar-refractivity contribution < 1.29 is 14.3 Å². The Bertz CT molecular complexity index is 967. The molecule has 0 aliphatic heterocycles. The smallest absolute Gasteiger partial charge is 0.253 e. The van der Waals surface area contributed by atoms with Gasteiger partial charge < -0.3 is 14.8 Å². The number of nitrogens with zero attached hydrogens (tertiary/aromatic N) is 1. The van der Waals surface area contributed by atoms with Gasteiger partial charge in [-0.3, -0.25) is 9.78 Å². The van der Waals surface area contributed by atoms with Gasteiger partial charge in [0.2, 0.25) is 0 Å². The van der Waals surface area contributed by atoms with Crippen LogP contribution in [0.3, 0.4) is 0 Å². The van der Waals surface area contributed by atoms with E-state index in [-0.39, 0.29) is 5.91 Å². The van der Waals surface area contributed by atoms with Gasteiger partial charge in [-0.2, -0.15) is 0 Å². The van der Waals surface area contributed by atoms with Crippen LogP contribution >= 0.6 is 27.5 Å². The molecule has 0 fully saturated rings. The number of benzene rings is 2. The van der Waals surface area contributed by atoms with Gasteiger partial charge in [-0.15, -0.1) is 0 Å². The minimum absolute atomic E-state index is 0.247. The number of halogens is 2. The van der Waals surface area contributed by atoms with E-state index in [1.54, 1.807) is 37.7 Å². The Balaban J connectivity index is 1.64. The first-order valence-corrected chi connectivity index (χ1v) is 9.66. The number of hydrogen-bond donors (Lipinski definition) is 1. The fraction of sp³-hybridized carbons (Fsp3) is 0.143. The summed E-state index contributed by atoms with van der Waals surface area (Å²) < 4.78 is 12.0. The van der Waals surface area contributed by atoms with Crippen LogP contribution in [-0.2, 0) is 13.2 Å². The molecule has 0 atom stereocenters. The summed E-state index contributed by atoms with van der Waals surface area (Å²) in [6, 6.07) is 14.5. The first-order chi connectivity index (χ1) is 13.6. The number of amides is 1. The fourth-order valence-corrected chi connectivity index (χ4v) is 3.09. The van der Waals surface area contributed by atoms with Crippen molar-refractivity contribution in [1.82, 2.24) is 10.3 Å². The Kier molecular flexibility index (Phi) is 6.90. The lowest BCUT2D eigenvalue weighted by molar-refractivity contribution is 0.0951. The molecule has 5 nitrogen and oxygen atoms in total. The molecule has 0 saturated heterocycles. The second kappa shape index (κ2) is 9.57. The van der Waals surface area contributed by atoms with E-state index in [1.807, 2.05) is 30.3 Å². The molecule has 7 heteroatoms. The van der Waals surface area contributed by atoms with Crippen LogP contribution in [0.5, 0.6) is 11.5 Å². The summed E-state index contributed by atoms with van der Waals surface area (Å²) in [6.45, 7) is 0.749. The first kappa shape index (κ1) is 20.2. The number of hydrogen-bond acceptors (Lipinski definition) is 4. The summed E-state index contributed by atoms with van der Waals surface area (Å²) in [7, 11) is 1.58. The van der Waals surface area contributed by atoms with Gasteiger partial charge in [0, 0.05) is 23.4 Å². The van der Waals surface area contributed by atoms with Gasteiger partial charge >= 0.3 is 0 Å². The van der Waals surface area contributed by atoms with Crippen molar-refractivity contribution in [2.45, 2.75) is 13.2 Å². The van der Waals surface area contributed by atoms with Crippen molar-refractivity contribution in [3.8, 4) is 11.5 Å². The molecule has 2 aromatic carbocycles. The Morgan fingerprint density at radius 3 is 2.61 bits per heavy atom. The largest absolute Gasteiger partial charge is 0.493 e. The lowest BCUT2D eigenvalue weighted by Gasteiger charge is -2.13. The van der Waals surface area contributed by atoms with Gasteiger partial charge in [0.15, 0.2) is 11.5 Å². The molecule has 0 saturated carbocycles. The van der Waals surface area contributed by atoms with Crippen LogP contribution in [0.2, 0.25) is 5.02 Å². The molecule has 3 rings (SSSR count). The number of nitrogens with one attached hydrogen (secondary N) is 1. The highest BCUT2D eigenvalue weighted by molar-refractivity contribution is 9.10. The summed E-state index contributed by atoms with van der Waals surface area (Å²) in [6.07, 6.45) is 3.44. The van der Waals surface area contributed by atoms with E-state index in [2.05, 4.69) is 26.2 Å². The molecule has 0 aliphatic rings. The molecule has 1 heterocycles. The Hall–Kier alpha value is -2.57. The van der Waals surface area contributed by atoms with Gasteiger partial charge in [0.05, 0.1) is 17.7 Å². The van der Waals surface area contributed by atoms with Crippen molar-refractivity contribution in [3.05, 3.63) is 87.1 Å². The maximum absolute atomic E-state index is 12.4. The highest BCUT2D eigenvalue weighted by Crippen LogP contribution is 2.29. The van der Waals surface area contributed by atoms with E-state index in [0.29, 0.717) is 35.2 Å². The Morgan fingerprint density at radius 2 is 1.86 bits per heavy atom. The third kappa shape index (κ3) is 5.24. The van der Waals surface area contributed by atoms with E-state index in [0.717, 1.165) is 15.6 Å². The minimum Gasteiger partial charge on any atom is -0.493 e. The molecular weight excluding hydrogens is 444 g/mol. The summed E-state index contributed by atoms with van der Waals surface area (Å²) in [5.41, 5.74) is 2.31. The first-order valence-electron chi connectivity index (χ1n) is 8.48. The average molecular weight is 462 g/mol. The number of methoxy groups -OCH3 is 1. The van der Waals surface area contributed by atoms with E-state index < -0.39 is 0 Å². The predicted molar refractivity (Wildman–Crippen MR) is 112 cm³/mol. The third-order valence-corrected chi connectivity index (χ3v) is 4.82. The summed E-state index contributed by atoms with van der Waals surface area (Å²) in [5.74, 6) is 0.981. The highest BCUT2D eigenvalue weighted by Gasteiger charge is 2.12. The van der Waals surface area contributed by atoms with E-state index in [1.165, 1.54) is 0 Å². The molecule has 0 bridgehead atoms. The number of carbonyl (C=O) groups is 1. The Labute approximate surface area is 176 Å². The van der Waals surface area contributed by atoms with Gasteiger partial charge in [-0.1, -0.05) is 33.6 Å². The number of ether oxygens (including phenoxy) is 2. The van der Waals surface area contributed by atoms with Crippen LogP contribution in [0.4, 0.5) is 0 Å². The van der Waals surface area contributed by atoms with Crippen LogP contribution in [-0.4, -0.2) is 18.0 Å². The minimum atomic E-state index is -0.247. The van der Waals surface area contributed by atoms with Crippen LogP contribution in [0.1, 0.15) is 21.5 Å². The van der Waals surface area contributed by atoms with Crippen molar-refractivity contribution >= 4 is 33.4 Å². The van der Waals surface area contributed by atoms with Gasteiger partial charge in [0.1, 0.15) is 6.61 Å². The van der Waals surface area contributed by atoms with Crippen LogP contribution in [0.25, 0.3) is 0 Å². The predicted octanol–water partition coefficient (Wildman–Crippen LogP) is 5.02. The van der Waals surface area contributed by atoms with Crippen LogP contribution in [0, 0.1) is 0 Å². The second-order valence-electron chi connectivity index (χ2n) is 5.94. The average Bonchev–Trinajstić information content (AvgIpc) is 2.73. The third-order valence-electron chi connectivity index (χ3n) is 4.00. The van der Waals surface area contributed by atoms with E-state index in [4.69, 9.17) is 21.1 Å². The zero-order valence-corrected chi connectivity index (χ0v) is 17.5. The number of aromatic nitrogens is 1. The number of pyridine rings is 1. The normalized spacial score (nSPS) is 10.4. The molecule has 1 N–H and O–H groups in total. The zero-order chi connectivity index (χ0) is 19.9. The molecule has 28 heavy (non-hydrogen) atoms. The highest BCUT2D eigenvalue weighted by atomic mass is 79.9. The Morgan fingerprint density at radius 1 is 1.07 bits per heavy atom. The molecule has 0 aliphatic carbocycles. The standard InChI is InChI=1S/C21H18BrClN2O3/c1-27-20-10-15(2-5-19(20)28-13-14-6-8-24-9-7-14)12-25-21(26)17-11-16(22)3-4-18(17)23/h2-11H,12-13H2,1H3,(H,25,26). The maximum Gasteiger partial charge on any atom is 0.253 e. The van der Waals surface area contributed by atoms with Crippen LogP contribution in [0.15, 0.2) is 65.4 Å². The topological polar surface area (TPSA) is 60.5 Å². The summed E-state index contributed by atoms with van der Waals surface area (Å²) in [5, 5.41) is 3.27. The van der Waals surface area contributed by atoms with Crippen molar-refractivity contribution in [1.29, 1.82) is 0 Å². The number of rotatable bonds is 7. The molecule has 3 aromatic rings. The number of carbonyl (C=O) groups excluding carboxylic acids is 1. The zero-order valence-electron chi connectivity index (χ0n) is 15.1. The second-order valence-corrected chi connectivity index (χ2v) is 7.26. The summed E-state index contributed by atoms with van der Waals surface area (Å²) in [4.78, 5) is 16.4.